The van der Waals surface area contributed by atoms with E-state index in [0.717, 1.165) is 32.5 Å². The van der Waals surface area contributed by atoms with Gasteiger partial charge in [-0.15, -0.1) is 0 Å². The molecule has 10 heavy (non-hydrogen) atoms. The maximum atomic E-state index is 9.65. The van der Waals surface area contributed by atoms with Crippen molar-refractivity contribution in [3.05, 3.63) is 0 Å². The van der Waals surface area contributed by atoms with Gasteiger partial charge in [-0.05, 0) is 12.8 Å². The van der Waals surface area contributed by atoms with Gasteiger partial charge in [0.15, 0.2) is 0 Å². The molecule has 1 heterocycles. The molecule has 0 amide bonds. The Labute approximate surface area is 60.8 Å². The van der Waals surface area contributed by atoms with Crippen LogP contribution in [0.3, 0.4) is 0 Å². The van der Waals surface area contributed by atoms with E-state index in [1.165, 1.54) is 0 Å². The lowest BCUT2D eigenvalue weighted by molar-refractivity contribution is 0.0949. The van der Waals surface area contributed by atoms with E-state index in [-0.39, 0.29) is 5.60 Å². The molecule has 2 rings (SSSR count). The van der Waals surface area contributed by atoms with Crippen molar-refractivity contribution in [3.63, 3.8) is 0 Å². The fraction of sp³-hybridized carbons (Fsp3) is 1.00. The van der Waals surface area contributed by atoms with Crippen molar-refractivity contribution >= 4 is 0 Å². The fourth-order valence-electron chi connectivity index (χ4n) is 1.51. The zero-order chi connectivity index (χ0) is 7.03. The van der Waals surface area contributed by atoms with E-state index in [0.29, 0.717) is 6.04 Å². The van der Waals surface area contributed by atoms with Crippen molar-refractivity contribution in [2.24, 2.45) is 0 Å². The number of rotatable bonds is 1. The second kappa shape index (κ2) is 2.19. The maximum absolute atomic E-state index is 9.65. The van der Waals surface area contributed by atoms with E-state index in [1.54, 1.807) is 0 Å². The number of piperazine rings is 1. The molecule has 1 aliphatic carbocycles. The smallest absolute Gasteiger partial charge is 0.0814 e. The second-order valence-corrected chi connectivity index (χ2v) is 3.31. The van der Waals surface area contributed by atoms with Crippen LogP contribution in [-0.4, -0.2) is 36.4 Å². The molecule has 2 aliphatic rings. The van der Waals surface area contributed by atoms with Crippen molar-refractivity contribution in [1.29, 1.82) is 0 Å². The minimum atomic E-state index is -0.354. The summed E-state index contributed by atoms with van der Waals surface area (Å²) < 4.78 is 0. The third kappa shape index (κ3) is 1.05. The van der Waals surface area contributed by atoms with Crippen LogP contribution in [0.4, 0.5) is 0 Å². The molecular weight excluding hydrogens is 128 g/mol. The fourth-order valence-corrected chi connectivity index (χ4v) is 1.51. The Morgan fingerprint density at radius 1 is 1.30 bits per heavy atom. The molecule has 1 atom stereocenters. The molecule has 2 fully saturated rings. The van der Waals surface area contributed by atoms with Gasteiger partial charge in [-0.2, -0.15) is 0 Å². The maximum Gasteiger partial charge on any atom is 0.0814 e. The first-order valence-electron chi connectivity index (χ1n) is 3.98. The highest BCUT2D eigenvalue weighted by molar-refractivity contribution is 5.05. The lowest BCUT2D eigenvalue weighted by atomic mass is 10.1. The SMILES string of the molecule is OC1([C@H]2CNCCN2)CC1. The number of hydrogen-bond acceptors (Lipinski definition) is 3. The van der Waals surface area contributed by atoms with Crippen LogP contribution in [0.1, 0.15) is 12.8 Å². The molecule has 0 aromatic carbocycles. The van der Waals surface area contributed by atoms with Crippen LogP contribution >= 0.6 is 0 Å². The molecule has 3 N–H and O–H groups in total. The van der Waals surface area contributed by atoms with Crippen LogP contribution in [-0.2, 0) is 0 Å². The molecule has 58 valence electrons. The predicted octanol–water partition coefficient (Wildman–Crippen LogP) is -0.927. The molecule has 1 saturated heterocycles. The molecule has 0 bridgehead atoms. The van der Waals surface area contributed by atoms with E-state index < -0.39 is 0 Å². The van der Waals surface area contributed by atoms with E-state index in [1.807, 2.05) is 0 Å². The zero-order valence-corrected chi connectivity index (χ0v) is 6.06. The zero-order valence-electron chi connectivity index (χ0n) is 6.06. The Hall–Kier alpha value is -0.120. The van der Waals surface area contributed by atoms with Gasteiger partial charge in [0, 0.05) is 25.7 Å². The van der Waals surface area contributed by atoms with Gasteiger partial charge in [0.1, 0.15) is 0 Å². The highest BCUT2D eigenvalue weighted by Gasteiger charge is 2.47. The van der Waals surface area contributed by atoms with Crippen LogP contribution in [0.25, 0.3) is 0 Å². The summed E-state index contributed by atoms with van der Waals surface area (Å²) in [5.41, 5.74) is -0.354. The minimum Gasteiger partial charge on any atom is -0.388 e. The van der Waals surface area contributed by atoms with Crippen LogP contribution in [0.5, 0.6) is 0 Å². The third-order valence-electron chi connectivity index (χ3n) is 2.45. The average Bonchev–Trinajstić information content (AvgIpc) is 2.72. The van der Waals surface area contributed by atoms with Crippen molar-refractivity contribution in [3.8, 4) is 0 Å². The lowest BCUT2D eigenvalue weighted by Crippen LogP contribution is -2.55. The van der Waals surface area contributed by atoms with E-state index in [2.05, 4.69) is 10.6 Å². The molecule has 3 nitrogen and oxygen atoms in total. The summed E-state index contributed by atoms with van der Waals surface area (Å²) in [6.45, 7) is 2.95. The number of hydrogen-bond donors (Lipinski definition) is 3. The van der Waals surface area contributed by atoms with Crippen molar-refractivity contribution in [2.45, 2.75) is 24.5 Å². The Kier molecular flexibility index (Phi) is 1.44. The summed E-state index contributed by atoms with van der Waals surface area (Å²) in [4.78, 5) is 0. The van der Waals surface area contributed by atoms with Gasteiger partial charge in [-0.25, -0.2) is 0 Å². The summed E-state index contributed by atoms with van der Waals surface area (Å²) in [7, 11) is 0. The summed E-state index contributed by atoms with van der Waals surface area (Å²) in [6, 6.07) is 0.307. The Morgan fingerprint density at radius 3 is 2.60 bits per heavy atom. The van der Waals surface area contributed by atoms with Crippen LogP contribution in [0.2, 0.25) is 0 Å². The molecule has 0 spiro atoms. The highest BCUT2D eigenvalue weighted by Crippen LogP contribution is 2.38. The van der Waals surface area contributed by atoms with Crippen molar-refractivity contribution < 1.29 is 5.11 Å². The Morgan fingerprint density at radius 2 is 2.10 bits per heavy atom. The highest BCUT2D eigenvalue weighted by atomic mass is 16.3. The monoisotopic (exact) mass is 142 g/mol. The van der Waals surface area contributed by atoms with Gasteiger partial charge in [-0.3, -0.25) is 0 Å². The summed E-state index contributed by atoms with van der Waals surface area (Å²) >= 11 is 0. The van der Waals surface area contributed by atoms with Gasteiger partial charge in [0.2, 0.25) is 0 Å². The molecule has 3 heteroatoms. The van der Waals surface area contributed by atoms with Crippen molar-refractivity contribution in [2.75, 3.05) is 19.6 Å². The quantitative estimate of drug-likeness (QED) is 0.443. The molecular formula is C7H14N2O. The van der Waals surface area contributed by atoms with Gasteiger partial charge in [-0.1, -0.05) is 0 Å². The number of aliphatic hydroxyl groups is 1. The topological polar surface area (TPSA) is 44.3 Å². The van der Waals surface area contributed by atoms with Gasteiger partial charge >= 0.3 is 0 Å². The summed E-state index contributed by atoms with van der Waals surface area (Å²) in [5.74, 6) is 0. The van der Waals surface area contributed by atoms with E-state index >= 15 is 0 Å². The van der Waals surface area contributed by atoms with Gasteiger partial charge < -0.3 is 15.7 Å². The Balaban J connectivity index is 1.91. The standard InChI is InChI=1S/C7H14N2O/c10-7(1-2-7)6-5-8-3-4-9-6/h6,8-10H,1-5H2/t6-/m1/s1. The summed E-state index contributed by atoms with van der Waals surface area (Å²) in [6.07, 6.45) is 1.96. The molecule has 0 aromatic heterocycles. The van der Waals surface area contributed by atoms with Gasteiger partial charge in [0.05, 0.1) is 5.60 Å². The first-order valence-corrected chi connectivity index (χ1v) is 3.98. The Bertz CT molecular complexity index is 128. The molecule has 1 saturated carbocycles. The van der Waals surface area contributed by atoms with Crippen LogP contribution < -0.4 is 10.6 Å². The molecule has 1 aliphatic heterocycles. The average molecular weight is 142 g/mol. The second-order valence-electron chi connectivity index (χ2n) is 3.31. The molecule has 0 aromatic rings. The van der Waals surface area contributed by atoms with E-state index in [4.69, 9.17) is 0 Å². The first-order chi connectivity index (χ1) is 4.81. The first kappa shape index (κ1) is 6.58. The predicted molar refractivity (Wildman–Crippen MR) is 38.8 cm³/mol. The number of nitrogens with one attached hydrogen (secondary N) is 2. The largest absolute Gasteiger partial charge is 0.388 e. The van der Waals surface area contributed by atoms with Crippen LogP contribution in [0.15, 0.2) is 0 Å². The van der Waals surface area contributed by atoms with Crippen LogP contribution in [0, 0.1) is 0 Å². The molecule has 0 unspecified atom stereocenters. The van der Waals surface area contributed by atoms with E-state index in [9.17, 15) is 5.11 Å². The van der Waals surface area contributed by atoms with Gasteiger partial charge in [0.25, 0.3) is 0 Å². The normalized spacial score (nSPS) is 37.5. The molecule has 0 radical (unpaired) electrons. The van der Waals surface area contributed by atoms with Crippen molar-refractivity contribution in [1.82, 2.24) is 10.6 Å². The third-order valence-corrected chi connectivity index (χ3v) is 2.45. The minimum absolute atomic E-state index is 0.307. The lowest BCUT2D eigenvalue weighted by Gasteiger charge is -2.28. The summed E-state index contributed by atoms with van der Waals surface area (Å²) in [5, 5.41) is 16.2.